The van der Waals surface area contributed by atoms with E-state index >= 15 is 0 Å². The molecule has 0 atom stereocenters. The Morgan fingerprint density at radius 3 is 2.48 bits per heavy atom. The maximum Gasteiger partial charge on any atom is 0.315 e. The third kappa shape index (κ3) is 5.57. The molecule has 0 fully saturated rings. The quantitative estimate of drug-likeness (QED) is 0.735. The average molecular weight is 363 g/mol. The minimum atomic E-state index is -0.252. The van der Waals surface area contributed by atoms with Gasteiger partial charge in [-0.25, -0.2) is 4.79 Å². The first-order valence-electron chi connectivity index (χ1n) is 8.04. The van der Waals surface area contributed by atoms with E-state index in [-0.39, 0.29) is 6.03 Å². The highest BCUT2D eigenvalue weighted by molar-refractivity contribution is 6.32. The Balaban J connectivity index is 1.72. The number of nitrogens with one attached hydrogen (secondary N) is 2. The first-order valence-corrected chi connectivity index (χ1v) is 8.42. The van der Waals surface area contributed by atoms with E-state index in [0.29, 0.717) is 19.7 Å². The molecule has 2 aromatic rings. The number of rotatable bonds is 7. The van der Waals surface area contributed by atoms with Crippen LogP contribution >= 0.6 is 11.6 Å². The molecule has 0 unspecified atom stereocenters. The fourth-order valence-corrected chi connectivity index (χ4v) is 2.52. The van der Waals surface area contributed by atoms with E-state index in [2.05, 4.69) is 10.6 Å². The summed E-state index contributed by atoms with van der Waals surface area (Å²) in [4.78, 5) is 11.8. The molecule has 0 radical (unpaired) electrons. The fraction of sp³-hybridized carbons (Fsp3) is 0.316. The molecule has 2 rings (SSSR count). The second kappa shape index (κ2) is 9.18. The molecule has 0 aromatic heterocycles. The molecule has 0 heterocycles. The Morgan fingerprint density at radius 2 is 1.80 bits per heavy atom. The van der Waals surface area contributed by atoms with Gasteiger partial charge in [-0.3, -0.25) is 0 Å². The maximum atomic E-state index is 11.8. The van der Waals surface area contributed by atoms with Gasteiger partial charge in [-0.15, -0.1) is 0 Å². The number of hydrogen-bond acceptors (Lipinski definition) is 3. The summed E-state index contributed by atoms with van der Waals surface area (Å²) in [6.07, 6.45) is 0. The van der Waals surface area contributed by atoms with Gasteiger partial charge in [0.05, 0.1) is 13.7 Å². The van der Waals surface area contributed by atoms with Gasteiger partial charge >= 0.3 is 6.03 Å². The standard InChI is InChI=1S/C19H23ClN2O3/c1-13-10-16(11-14(2)18(13)20)25-9-8-21-19(23)22-12-15-6-4-5-7-17(15)24-3/h4-7,10-11H,8-9,12H2,1-3H3,(H2,21,22,23). The molecule has 2 amide bonds. The lowest BCUT2D eigenvalue weighted by atomic mass is 10.1. The number of methoxy groups -OCH3 is 1. The van der Waals surface area contributed by atoms with Crippen LogP contribution in [0.3, 0.4) is 0 Å². The van der Waals surface area contributed by atoms with Gasteiger partial charge in [0.15, 0.2) is 0 Å². The van der Waals surface area contributed by atoms with E-state index in [9.17, 15) is 4.79 Å². The first kappa shape index (κ1) is 18.9. The summed E-state index contributed by atoms with van der Waals surface area (Å²) in [6.45, 7) is 5.05. The lowest BCUT2D eigenvalue weighted by Crippen LogP contribution is -2.37. The summed E-state index contributed by atoms with van der Waals surface area (Å²) in [7, 11) is 1.61. The minimum absolute atomic E-state index is 0.252. The van der Waals surface area contributed by atoms with Crippen LogP contribution in [0.2, 0.25) is 5.02 Å². The van der Waals surface area contributed by atoms with Crippen LogP contribution in [0.15, 0.2) is 36.4 Å². The largest absolute Gasteiger partial charge is 0.496 e. The normalized spacial score (nSPS) is 10.2. The van der Waals surface area contributed by atoms with Crippen molar-refractivity contribution < 1.29 is 14.3 Å². The molecule has 25 heavy (non-hydrogen) atoms. The van der Waals surface area contributed by atoms with Crippen molar-refractivity contribution in [3.63, 3.8) is 0 Å². The smallest absolute Gasteiger partial charge is 0.315 e. The van der Waals surface area contributed by atoms with Crippen molar-refractivity contribution in [2.24, 2.45) is 0 Å². The van der Waals surface area contributed by atoms with Crippen LogP contribution in [-0.2, 0) is 6.54 Å². The Morgan fingerprint density at radius 1 is 1.12 bits per heavy atom. The number of carbonyl (C=O) groups excluding carboxylic acids is 1. The zero-order valence-corrected chi connectivity index (χ0v) is 15.4. The second-order valence-corrected chi connectivity index (χ2v) is 6.02. The van der Waals surface area contributed by atoms with Gasteiger partial charge in [-0.05, 0) is 43.2 Å². The Labute approximate surface area is 153 Å². The molecule has 134 valence electrons. The van der Waals surface area contributed by atoms with Crippen LogP contribution in [-0.4, -0.2) is 26.3 Å². The predicted octanol–water partition coefficient (Wildman–Crippen LogP) is 3.84. The van der Waals surface area contributed by atoms with Crippen molar-refractivity contribution in [1.82, 2.24) is 10.6 Å². The monoisotopic (exact) mass is 362 g/mol. The van der Waals surface area contributed by atoms with Crippen molar-refractivity contribution in [1.29, 1.82) is 0 Å². The lowest BCUT2D eigenvalue weighted by molar-refractivity contribution is 0.236. The Bertz CT molecular complexity index is 711. The molecule has 0 aliphatic carbocycles. The predicted molar refractivity (Wildman–Crippen MR) is 99.7 cm³/mol. The summed E-state index contributed by atoms with van der Waals surface area (Å²) in [5.41, 5.74) is 2.86. The number of para-hydroxylation sites is 1. The van der Waals surface area contributed by atoms with E-state index in [1.54, 1.807) is 7.11 Å². The highest BCUT2D eigenvalue weighted by atomic mass is 35.5. The molecule has 0 spiro atoms. The second-order valence-electron chi connectivity index (χ2n) is 5.64. The first-order chi connectivity index (χ1) is 12.0. The Kier molecular flexibility index (Phi) is 6.95. The van der Waals surface area contributed by atoms with Crippen LogP contribution in [0, 0.1) is 13.8 Å². The summed E-state index contributed by atoms with van der Waals surface area (Å²) in [5.74, 6) is 1.50. The number of urea groups is 1. The van der Waals surface area contributed by atoms with Gasteiger partial charge in [0.2, 0.25) is 0 Å². The van der Waals surface area contributed by atoms with Gasteiger partial charge in [0, 0.05) is 17.1 Å². The summed E-state index contributed by atoms with van der Waals surface area (Å²) in [5, 5.41) is 6.31. The lowest BCUT2D eigenvalue weighted by Gasteiger charge is -2.12. The van der Waals surface area contributed by atoms with Crippen molar-refractivity contribution in [3.8, 4) is 11.5 Å². The van der Waals surface area contributed by atoms with E-state index in [0.717, 1.165) is 33.2 Å². The van der Waals surface area contributed by atoms with E-state index in [4.69, 9.17) is 21.1 Å². The molecule has 5 nitrogen and oxygen atoms in total. The van der Waals surface area contributed by atoms with E-state index < -0.39 is 0 Å². The molecule has 0 bridgehead atoms. The third-order valence-corrected chi connectivity index (χ3v) is 4.29. The highest BCUT2D eigenvalue weighted by Crippen LogP contribution is 2.25. The third-order valence-electron chi connectivity index (χ3n) is 3.70. The van der Waals surface area contributed by atoms with Crippen LogP contribution in [0.25, 0.3) is 0 Å². The van der Waals surface area contributed by atoms with Crippen molar-refractivity contribution >= 4 is 17.6 Å². The zero-order chi connectivity index (χ0) is 18.2. The molecular formula is C19H23ClN2O3. The van der Waals surface area contributed by atoms with Crippen LogP contribution in [0.5, 0.6) is 11.5 Å². The zero-order valence-electron chi connectivity index (χ0n) is 14.7. The topological polar surface area (TPSA) is 59.6 Å². The maximum absolute atomic E-state index is 11.8. The van der Waals surface area contributed by atoms with Crippen LogP contribution in [0.1, 0.15) is 16.7 Å². The van der Waals surface area contributed by atoms with Gasteiger partial charge in [-0.1, -0.05) is 29.8 Å². The molecule has 0 saturated carbocycles. The summed E-state index contributed by atoms with van der Waals surface area (Å²) < 4.78 is 10.9. The molecule has 0 aliphatic heterocycles. The SMILES string of the molecule is COc1ccccc1CNC(=O)NCCOc1cc(C)c(Cl)c(C)c1. The van der Waals surface area contributed by atoms with Crippen LogP contribution in [0.4, 0.5) is 4.79 Å². The van der Waals surface area contributed by atoms with Crippen LogP contribution < -0.4 is 20.1 Å². The number of benzene rings is 2. The number of amides is 2. The van der Waals surface area contributed by atoms with E-state index in [1.807, 2.05) is 50.2 Å². The molecular weight excluding hydrogens is 340 g/mol. The van der Waals surface area contributed by atoms with Gasteiger partial charge in [-0.2, -0.15) is 0 Å². The minimum Gasteiger partial charge on any atom is -0.496 e. The number of aryl methyl sites for hydroxylation is 2. The van der Waals surface area contributed by atoms with Gasteiger partial charge in [0.25, 0.3) is 0 Å². The van der Waals surface area contributed by atoms with E-state index in [1.165, 1.54) is 0 Å². The average Bonchev–Trinajstić information content (AvgIpc) is 2.61. The van der Waals surface area contributed by atoms with Gasteiger partial charge < -0.3 is 20.1 Å². The van der Waals surface area contributed by atoms with Crippen molar-refractivity contribution in [2.45, 2.75) is 20.4 Å². The molecule has 2 aromatic carbocycles. The Hall–Kier alpha value is -2.40. The molecule has 0 aliphatic rings. The number of ether oxygens (including phenoxy) is 2. The summed E-state index contributed by atoms with van der Waals surface area (Å²) >= 11 is 6.13. The molecule has 6 heteroatoms. The number of carbonyl (C=O) groups is 1. The van der Waals surface area contributed by atoms with Gasteiger partial charge in [0.1, 0.15) is 18.1 Å². The number of hydrogen-bond donors (Lipinski definition) is 2. The van der Waals surface area contributed by atoms with Crippen molar-refractivity contribution in [3.05, 3.63) is 58.1 Å². The molecule has 0 saturated heterocycles. The number of halogens is 1. The summed E-state index contributed by atoms with van der Waals surface area (Å²) in [6, 6.07) is 11.1. The molecule has 2 N–H and O–H groups in total. The van der Waals surface area contributed by atoms with Crippen molar-refractivity contribution in [2.75, 3.05) is 20.3 Å². The highest BCUT2D eigenvalue weighted by Gasteiger charge is 2.06. The fourth-order valence-electron chi connectivity index (χ4n) is 2.41.